The van der Waals surface area contributed by atoms with Crippen molar-refractivity contribution in [2.45, 2.75) is 52.9 Å². The van der Waals surface area contributed by atoms with E-state index in [2.05, 4.69) is 32.7 Å². The lowest BCUT2D eigenvalue weighted by Gasteiger charge is -2.32. The molecule has 0 aliphatic carbocycles. The Morgan fingerprint density at radius 1 is 1.20 bits per heavy atom. The maximum absolute atomic E-state index is 2.55. The van der Waals surface area contributed by atoms with Crippen molar-refractivity contribution < 1.29 is 0 Å². The van der Waals surface area contributed by atoms with Crippen LogP contribution in [0.5, 0.6) is 0 Å². The first kappa shape index (κ1) is 13.0. The molecule has 0 amide bonds. The van der Waals surface area contributed by atoms with Gasteiger partial charge in [-0.1, -0.05) is 40.0 Å². The van der Waals surface area contributed by atoms with E-state index in [0.717, 1.165) is 17.8 Å². The van der Waals surface area contributed by atoms with Gasteiger partial charge in [0.1, 0.15) is 0 Å². The van der Waals surface area contributed by atoms with Gasteiger partial charge in [0, 0.05) is 6.54 Å². The minimum Gasteiger partial charge on any atom is -0.306 e. The van der Waals surface area contributed by atoms with Crippen LogP contribution in [0.3, 0.4) is 0 Å². The predicted octanol–water partition coefficient (Wildman–Crippen LogP) is 3.79. The topological polar surface area (TPSA) is 3.24 Å². The first-order valence-electron chi connectivity index (χ1n) is 6.82. The van der Waals surface area contributed by atoms with Gasteiger partial charge in [-0.05, 0) is 44.2 Å². The molecule has 1 aliphatic rings. The van der Waals surface area contributed by atoms with Gasteiger partial charge in [-0.3, -0.25) is 0 Å². The van der Waals surface area contributed by atoms with Gasteiger partial charge < -0.3 is 4.90 Å². The average Bonchev–Trinajstić information content (AvgIpc) is 2.16. The van der Waals surface area contributed by atoms with Crippen LogP contribution in [0.25, 0.3) is 0 Å². The van der Waals surface area contributed by atoms with Crippen molar-refractivity contribution >= 4 is 0 Å². The van der Waals surface area contributed by atoms with Crippen molar-refractivity contribution in [1.29, 1.82) is 0 Å². The molecule has 0 aromatic heterocycles. The van der Waals surface area contributed by atoms with Gasteiger partial charge in [-0.15, -0.1) is 0 Å². The van der Waals surface area contributed by atoms with Crippen molar-refractivity contribution in [3.63, 3.8) is 0 Å². The highest BCUT2D eigenvalue weighted by Crippen LogP contribution is 2.27. The fourth-order valence-corrected chi connectivity index (χ4v) is 2.82. The Morgan fingerprint density at radius 2 is 1.93 bits per heavy atom. The predicted molar refractivity (Wildman–Crippen MR) is 68.1 cm³/mol. The van der Waals surface area contributed by atoms with E-state index in [-0.39, 0.29) is 0 Å². The third-order valence-electron chi connectivity index (χ3n) is 4.05. The molecule has 1 heterocycles. The Bertz CT molecular complexity index is 165. The molecule has 1 rings (SSSR count). The van der Waals surface area contributed by atoms with Crippen LogP contribution < -0.4 is 0 Å². The second kappa shape index (κ2) is 6.52. The van der Waals surface area contributed by atoms with E-state index in [1.54, 1.807) is 0 Å². The van der Waals surface area contributed by atoms with Crippen LogP contribution in [0.15, 0.2) is 0 Å². The molecule has 0 aromatic carbocycles. The van der Waals surface area contributed by atoms with Crippen molar-refractivity contribution in [3.05, 3.63) is 0 Å². The zero-order valence-electron chi connectivity index (χ0n) is 11.1. The molecule has 2 atom stereocenters. The largest absolute Gasteiger partial charge is 0.306 e. The molecule has 2 unspecified atom stereocenters. The summed E-state index contributed by atoms with van der Waals surface area (Å²) in [7, 11) is 2.30. The molecule has 0 N–H and O–H groups in total. The molecule has 0 saturated carbocycles. The van der Waals surface area contributed by atoms with Crippen molar-refractivity contribution in [2.75, 3.05) is 20.1 Å². The number of rotatable bonds is 3. The van der Waals surface area contributed by atoms with Gasteiger partial charge in [0.15, 0.2) is 0 Å². The molecule has 1 heteroatoms. The maximum atomic E-state index is 2.55. The average molecular weight is 211 g/mol. The number of hydrogen-bond donors (Lipinski definition) is 0. The number of hydrogen-bond acceptors (Lipinski definition) is 1. The first-order chi connectivity index (χ1) is 7.13. The van der Waals surface area contributed by atoms with E-state index in [0.29, 0.717) is 0 Å². The quantitative estimate of drug-likeness (QED) is 0.686. The number of likely N-dealkylation sites (tertiary alicyclic amines) is 1. The van der Waals surface area contributed by atoms with Crippen LogP contribution in [-0.2, 0) is 0 Å². The monoisotopic (exact) mass is 211 g/mol. The molecule has 90 valence electrons. The fraction of sp³-hybridized carbons (Fsp3) is 1.00. The minimum atomic E-state index is 0.854. The van der Waals surface area contributed by atoms with E-state index < -0.39 is 0 Å². The summed E-state index contributed by atoms with van der Waals surface area (Å²) < 4.78 is 0. The molecule has 15 heavy (non-hydrogen) atoms. The standard InChI is InChI=1S/C14H29N/c1-5-6-13-7-8-14(12(2)3)11-15(4)10-9-13/h12-14H,5-11H2,1-4H3. The Kier molecular flexibility index (Phi) is 5.66. The molecule has 0 bridgehead atoms. The van der Waals surface area contributed by atoms with Gasteiger partial charge >= 0.3 is 0 Å². The van der Waals surface area contributed by atoms with Gasteiger partial charge in [0.05, 0.1) is 0 Å². The van der Waals surface area contributed by atoms with Gasteiger partial charge in [0.25, 0.3) is 0 Å². The third kappa shape index (κ3) is 4.55. The lowest BCUT2D eigenvalue weighted by atomic mass is 9.83. The van der Waals surface area contributed by atoms with Crippen LogP contribution in [0.1, 0.15) is 52.9 Å². The normalized spacial score (nSPS) is 30.2. The molecule has 1 saturated heterocycles. The second-order valence-electron chi connectivity index (χ2n) is 5.79. The van der Waals surface area contributed by atoms with Crippen LogP contribution in [0.2, 0.25) is 0 Å². The van der Waals surface area contributed by atoms with Crippen molar-refractivity contribution in [2.24, 2.45) is 17.8 Å². The lowest BCUT2D eigenvalue weighted by molar-refractivity contribution is 0.173. The first-order valence-corrected chi connectivity index (χ1v) is 6.82. The highest BCUT2D eigenvalue weighted by atomic mass is 15.1. The van der Waals surface area contributed by atoms with E-state index in [9.17, 15) is 0 Å². The summed E-state index contributed by atoms with van der Waals surface area (Å²) in [5.41, 5.74) is 0. The molecule has 0 radical (unpaired) electrons. The smallest absolute Gasteiger partial charge is 0.000905 e. The van der Waals surface area contributed by atoms with E-state index in [1.807, 2.05) is 0 Å². The van der Waals surface area contributed by atoms with Crippen LogP contribution in [0, 0.1) is 17.8 Å². The maximum Gasteiger partial charge on any atom is 0.000905 e. The molecular weight excluding hydrogens is 182 g/mol. The summed E-state index contributed by atoms with van der Waals surface area (Å²) in [6.07, 6.45) is 7.16. The minimum absolute atomic E-state index is 0.854. The summed E-state index contributed by atoms with van der Waals surface area (Å²) in [6.45, 7) is 9.72. The third-order valence-corrected chi connectivity index (χ3v) is 4.05. The molecule has 0 aromatic rings. The van der Waals surface area contributed by atoms with E-state index in [4.69, 9.17) is 0 Å². The molecule has 1 aliphatic heterocycles. The highest BCUT2D eigenvalue weighted by molar-refractivity contribution is 4.74. The highest BCUT2D eigenvalue weighted by Gasteiger charge is 2.21. The fourth-order valence-electron chi connectivity index (χ4n) is 2.82. The molecular formula is C14H29N. The summed E-state index contributed by atoms with van der Waals surface area (Å²) in [6, 6.07) is 0. The van der Waals surface area contributed by atoms with Crippen molar-refractivity contribution in [1.82, 2.24) is 4.90 Å². The Morgan fingerprint density at radius 3 is 2.53 bits per heavy atom. The zero-order chi connectivity index (χ0) is 11.3. The van der Waals surface area contributed by atoms with E-state index >= 15 is 0 Å². The second-order valence-corrected chi connectivity index (χ2v) is 5.79. The molecule has 1 nitrogen and oxygen atoms in total. The van der Waals surface area contributed by atoms with Crippen LogP contribution in [0.4, 0.5) is 0 Å². The van der Waals surface area contributed by atoms with Gasteiger partial charge in [-0.2, -0.15) is 0 Å². The Balaban J connectivity index is 2.46. The summed E-state index contributed by atoms with van der Waals surface area (Å²) in [5.74, 6) is 2.78. The summed E-state index contributed by atoms with van der Waals surface area (Å²) >= 11 is 0. The van der Waals surface area contributed by atoms with Crippen molar-refractivity contribution in [3.8, 4) is 0 Å². The Hall–Kier alpha value is -0.0400. The summed E-state index contributed by atoms with van der Waals surface area (Å²) in [4.78, 5) is 2.55. The van der Waals surface area contributed by atoms with Gasteiger partial charge in [-0.25, -0.2) is 0 Å². The lowest BCUT2D eigenvalue weighted by Crippen LogP contribution is -2.32. The van der Waals surface area contributed by atoms with Crippen LogP contribution >= 0.6 is 0 Å². The summed E-state index contributed by atoms with van der Waals surface area (Å²) in [5, 5.41) is 0. The molecule has 1 fully saturated rings. The number of nitrogens with zero attached hydrogens (tertiary/aromatic N) is 1. The van der Waals surface area contributed by atoms with Gasteiger partial charge in [0.2, 0.25) is 0 Å². The Labute approximate surface area is 96.2 Å². The van der Waals surface area contributed by atoms with Crippen LogP contribution in [-0.4, -0.2) is 25.0 Å². The van der Waals surface area contributed by atoms with E-state index in [1.165, 1.54) is 45.2 Å². The molecule has 0 spiro atoms. The SMILES string of the molecule is CCCC1CCC(C(C)C)CN(C)CC1. The zero-order valence-corrected chi connectivity index (χ0v) is 11.1.